The second-order valence-corrected chi connectivity index (χ2v) is 6.21. The monoisotopic (exact) mass is 326 g/mol. The lowest BCUT2D eigenvalue weighted by Gasteiger charge is -2.32. The average Bonchev–Trinajstić information content (AvgIpc) is 2.62. The highest BCUT2D eigenvalue weighted by molar-refractivity contribution is 6.31. The minimum atomic E-state index is 0.760. The molecule has 116 valence electrons. The fourth-order valence-electron chi connectivity index (χ4n) is 3.20. The van der Waals surface area contributed by atoms with Gasteiger partial charge in [-0.15, -0.1) is 0 Å². The van der Waals surface area contributed by atoms with Crippen LogP contribution < -0.4 is 19.8 Å². The Morgan fingerprint density at radius 3 is 2.43 bits per heavy atom. The molecule has 2 aromatic heterocycles. The summed E-state index contributed by atoms with van der Waals surface area (Å²) < 4.78 is 0. The lowest BCUT2D eigenvalue weighted by atomic mass is 10.1. The summed E-state index contributed by atoms with van der Waals surface area (Å²) >= 11 is 6.10. The second-order valence-electron chi connectivity index (χ2n) is 5.77. The zero-order valence-corrected chi connectivity index (χ0v) is 13.6. The highest BCUT2D eigenvalue weighted by atomic mass is 35.5. The molecule has 0 radical (unpaired) electrons. The summed E-state index contributed by atoms with van der Waals surface area (Å²) in [4.78, 5) is 11.4. The van der Waals surface area contributed by atoms with Gasteiger partial charge in [0.25, 0.3) is 5.82 Å². The second kappa shape index (κ2) is 6.05. The first-order chi connectivity index (χ1) is 11.3. The van der Waals surface area contributed by atoms with Crippen LogP contribution >= 0.6 is 11.6 Å². The van der Waals surface area contributed by atoms with Gasteiger partial charge in [-0.1, -0.05) is 17.7 Å². The van der Waals surface area contributed by atoms with E-state index in [9.17, 15) is 0 Å². The maximum absolute atomic E-state index is 6.10. The van der Waals surface area contributed by atoms with Crippen LogP contribution in [-0.4, -0.2) is 26.2 Å². The molecular formula is C18H19ClN4+2. The number of aromatic amines is 2. The van der Waals surface area contributed by atoms with E-state index in [4.69, 9.17) is 11.6 Å². The molecule has 1 fully saturated rings. The summed E-state index contributed by atoms with van der Waals surface area (Å²) in [5.74, 6) is 1.19. The molecule has 4 rings (SSSR count). The van der Waals surface area contributed by atoms with Crippen molar-refractivity contribution in [3.05, 3.63) is 59.9 Å². The van der Waals surface area contributed by atoms with Crippen LogP contribution in [0.2, 0.25) is 5.02 Å². The third-order valence-corrected chi connectivity index (χ3v) is 4.63. The molecular weight excluding hydrogens is 308 g/mol. The van der Waals surface area contributed by atoms with Gasteiger partial charge in [0.2, 0.25) is 5.52 Å². The predicted molar refractivity (Wildman–Crippen MR) is 92.9 cm³/mol. The van der Waals surface area contributed by atoms with E-state index in [1.54, 1.807) is 0 Å². The van der Waals surface area contributed by atoms with E-state index in [2.05, 4.69) is 44.0 Å². The van der Waals surface area contributed by atoms with Crippen molar-refractivity contribution in [3.63, 3.8) is 0 Å². The Morgan fingerprint density at radius 2 is 1.65 bits per heavy atom. The zero-order valence-electron chi connectivity index (χ0n) is 12.8. The molecule has 23 heavy (non-hydrogen) atoms. The number of H-pyrrole nitrogens is 2. The number of nitrogens with zero attached hydrogens (tertiary/aromatic N) is 2. The number of hydrogen-bond acceptors (Lipinski definition) is 2. The zero-order chi connectivity index (χ0) is 15.6. The summed E-state index contributed by atoms with van der Waals surface area (Å²) in [6.07, 6.45) is 3.97. The Labute approximate surface area is 140 Å². The highest BCUT2D eigenvalue weighted by Gasteiger charge is 2.24. The van der Waals surface area contributed by atoms with Crippen LogP contribution in [0.15, 0.2) is 54.9 Å². The number of fused-ring (bicyclic) bond motifs is 1. The maximum Gasteiger partial charge on any atom is 0.274 e. The average molecular weight is 327 g/mol. The molecule has 5 heteroatoms. The van der Waals surface area contributed by atoms with Crippen molar-refractivity contribution in [2.45, 2.75) is 0 Å². The first kappa shape index (κ1) is 14.3. The van der Waals surface area contributed by atoms with Crippen molar-refractivity contribution in [1.29, 1.82) is 0 Å². The van der Waals surface area contributed by atoms with Crippen molar-refractivity contribution in [3.8, 4) is 0 Å². The number of anilines is 2. The van der Waals surface area contributed by atoms with Crippen molar-refractivity contribution in [2.24, 2.45) is 0 Å². The fraction of sp³-hybridized carbons (Fsp3) is 0.222. The largest absolute Gasteiger partial charge is 0.363 e. The van der Waals surface area contributed by atoms with Crippen LogP contribution in [-0.2, 0) is 0 Å². The van der Waals surface area contributed by atoms with Gasteiger partial charge in [-0.25, -0.2) is 9.97 Å². The van der Waals surface area contributed by atoms with E-state index in [0.29, 0.717) is 0 Å². The third-order valence-electron chi connectivity index (χ3n) is 4.39. The molecule has 2 N–H and O–H groups in total. The molecule has 0 amide bonds. The quantitative estimate of drug-likeness (QED) is 0.725. The number of hydrogen-bond donors (Lipinski definition) is 0. The van der Waals surface area contributed by atoms with Crippen molar-refractivity contribution in [1.82, 2.24) is 0 Å². The summed E-state index contributed by atoms with van der Waals surface area (Å²) in [6, 6.07) is 14.4. The van der Waals surface area contributed by atoms with Gasteiger partial charge in [-0.05, 0) is 18.2 Å². The Balaban J connectivity index is 1.57. The Hall–Kier alpha value is -2.33. The van der Waals surface area contributed by atoms with Crippen LogP contribution in [0, 0.1) is 0 Å². The predicted octanol–water partition coefficient (Wildman–Crippen LogP) is 2.45. The van der Waals surface area contributed by atoms with E-state index < -0.39 is 0 Å². The molecule has 0 bridgehead atoms. The summed E-state index contributed by atoms with van der Waals surface area (Å²) in [5.41, 5.74) is 2.35. The molecule has 0 aliphatic carbocycles. The molecule has 1 aliphatic rings. The van der Waals surface area contributed by atoms with Gasteiger partial charge in [-0.3, -0.25) is 4.90 Å². The lowest BCUT2D eigenvalue weighted by Crippen LogP contribution is -2.48. The maximum atomic E-state index is 6.10. The van der Waals surface area contributed by atoms with Gasteiger partial charge in [0.15, 0.2) is 6.20 Å². The van der Waals surface area contributed by atoms with E-state index in [1.807, 2.05) is 30.6 Å². The number of piperazine rings is 1. The van der Waals surface area contributed by atoms with E-state index in [-0.39, 0.29) is 0 Å². The number of aromatic nitrogens is 2. The molecule has 0 saturated carbocycles. The van der Waals surface area contributed by atoms with Crippen LogP contribution in [0.25, 0.3) is 10.9 Å². The van der Waals surface area contributed by atoms with Crippen LogP contribution in [0.4, 0.5) is 11.5 Å². The molecule has 3 aromatic rings. The molecule has 3 heterocycles. The number of benzene rings is 1. The minimum absolute atomic E-state index is 0.760. The molecule has 0 atom stereocenters. The van der Waals surface area contributed by atoms with E-state index in [0.717, 1.165) is 36.7 Å². The van der Waals surface area contributed by atoms with E-state index in [1.165, 1.54) is 16.9 Å². The topological polar surface area (TPSA) is 34.8 Å². The molecule has 1 saturated heterocycles. The fourth-order valence-corrected chi connectivity index (χ4v) is 3.38. The molecule has 4 nitrogen and oxygen atoms in total. The van der Waals surface area contributed by atoms with Gasteiger partial charge >= 0.3 is 0 Å². The summed E-state index contributed by atoms with van der Waals surface area (Å²) in [5, 5.41) is 1.98. The highest BCUT2D eigenvalue weighted by Crippen LogP contribution is 2.27. The lowest BCUT2D eigenvalue weighted by molar-refractivity contribution is -0.364. The van der Waals surface area contributed by atoms with Crippen LogP contribution in [0.5, 0.6) is 0 Å². The van der Waals surface area contributed by atoms with Crippen molar-refractivity contribution in [2.75, 3.05) is 36.0 Å². The van der Waals surface area contributed by atoms with Crippen molar-refractivity contribution >= 4 is 34.0 Å². The normalized spacial score (nSPS) is 15.2. The molecule has 1 aliphatic heterocycles. The van der Waals surface area contributed by atoms with E-state index >= 15 is 0 Å². The number of rotatable bonds is 2. The number of nitrogens with one attached hydrogen (secondary N) is 2. The summed E-state index contributed by atoms with van der Waals surface area (Å²) in [6.45, 7) is 4.03. The smallest absolute Gasteiger partial charge is 0.274 e. The minimum Gasteiger partial charge on any atom is -0.363 e. The SMILES string of the molecule is Clc1ccc2c(N3CCN(c4cccc[nH+]4)CC3)cc[nH+]c2c1. The van der Waals surface area contributed by atoms with Gasteiger partial charge in [0, 0.05) is 23.2 Å². The Bertz CT molecular complexity index is 814. The van der Waals surface area contributed by atoms with Crippen LogP contribution in [0.1, 0.15) is 0 Å². The number of halogens is 1. The number of pyridine rings is 2. The molecule has 0 unspecified atom stereocenters. The standard InChI is InChI=1S/C18H17ClN4/c19-14-4-5-15-16(13-14)20-8-6-17(15)22-9-11-23(12-10-22)18-3-1-2-7-21-18/h1-8,13H,9-12H2/p+2. The first-order valence-corrected chi connectivity index (χ1v) is 8.26. The molecule has 0 spiro atoms. The summed E-state index contributed by atoms with van der Waals surface area (Å²) in [7, 11) is 0. The first-order valence-electron chi connectivity index (χ1n) is 7.88. The Morgan fingerprint density at radius 1 is 0.826 bits per heavy atom. The molecule has 1 aromatic carbocycles. The van der Waals surface area contributed by atoms with Gasteiger partial charge in [0.05, 0.1) is 30.4 Å². The van der Waals surface area contributed by atoms with Crippen molar-refractivity contribution < 1.29 is 9.97 Å². The van der Waals surface area contributed by atoms with Crippen LogP contribution in [0.3, 0.4) is 0 Å². The van der Waals surface area contributed by atoms with Gasteiger partial charge < -0.3 is 4.90 Å². The Kier molecular flexibility index (Phi) is 3.75. The van der Waals surface area contributed by atoms with Gasteiger partial charge in [-0.2, -0.15) is 0 Å². The van der Waals surface area contributed by atoms with Gasteiger partial charge in [0.1, 0.15) is 13.1 Å². The third kappa shape index (κ3) is 2.82.